The molecule has 3 rings (SSSR count). The zero-order chi connectivity index (χ0) is 20.5. The Balaban J connectivity index is 1.49. The normalized spacial score (nSPS) is 10.2. The summed E-state index contributed by atoms with van der Waals surface area (Å²) in [6.07, 6.45) is 1.58. The molecule has 2 aromatic carbocycles. The van der Waals surface area contributed by atoms with E-state index < -0.39 is 5.82 Å². The second-order valence-corrected chi connectivity index (χ2v) is 7.09. The Hall–Kier alpha value is -3.37. The van der Waals surface area contributed by atoms with Crippen LogP contribution in [-0.4, -0.2) is 16.6 Å². The Morgan fingerprint density at radius 2 is 2.00 bits per heavy atom. The van der Waals surface area contributed by atoms with Gasteiger partial charge < -0.3 is 10.1 Å². The molecule has 3 aromatic rings. The predicted octanol–water partition coefficient (Wildman–Crippen LogP) is 4.43. The molecule has 0 unspecified atom stereocenters. The Morgan fingerprint density at radius 3 is 2.76 bits per heavy atom. The van der Waals surface area contributed by atoms with Crippen LogP contribution in [0, 0.1) is 17.1 Å². The van der Waals surface area contributed by atoms with Gasteiger partial charge in [0.15, 0.2) is 0 Å². The van der Waals surface area contributed by atoms with Crippen LogP contribution in [0.15, 0.2) is 66.9 Å². The lowest BCUT2D eigenvalue weighted by atomic mass is 10.2. The summed E-state index contributed by atoms with van der Waals surface area (Å²) < 4.78 is 19.0. The number of carbonyl (C=O) groups excluding carboxylic acids is 1. The van der Waals surface area contributed by atoms with Gasteiger partial charge in [-0.05, 0) is 35.9 Å². The molecule has 146 valence electrons. The van der Waals surface area contributed by atoms with Crippen molar-refractivity contribution in [1.82, 2.24) is 10.3 Å². The Bertz CT molecular complexity index is 1020. The van der Waals surface area contributed by atoms with Gasteiger partial charge in [-0.3, -0.25) is 4.79 Å². The summed E-state index contributed by atoms with van der Waals surface area (Å²) in [6, 6.07) is 18.7. The minimum absolute atomic E-state index is 0.107. The second kappa shape index (κ2) is 10.2. The summed E-state index contributed by atoms with van der Waals surface area (Å²) in [4.78, 5) is 16.3. The lowest BCUT2D eigenvalue weighted by Crippen LogP contribution is -2.25. The maximum absolute atomic E-state index is 13.3. The van der Waals surface area contributed by atoms with Gasteiger partial charge in [0.25, 0.3) is 0 Å². The number of rotatable bonds is 8. The summed E-state index contributed by atoms with van der Waals surface area (Å²) in [5.74, 6) is 1.15. The van der Waals surface area contributed by atoms with Crippen molar-refractivity contribution in [3.63, 3.8) is 0 Å². The van der Waals surface area contributed by atoms with Crippen LogP contribution in [-0.2, 0) is 17.1 Å². The Labute approximate surface area is 172 Å². The van der Waals surface area contributed by atoms with E-state index in [0.29, 0.717) is 34.3 Å². The van der Waals surface area contributed by atoms with Crippen molar-refractivity contribution in [3.05, 3.63) is 89.4 Å². The third-order valence-corrected chi connectivity index (χ3v) is 4.93. The number of nitrogens with zero attached hydrogens (tertiary/aromatic N) is 2. The molecule has 0 atom stereocenters. The van der Waals surface area contributed by atoms with E-state index in [-0.39, 0.29) is 12.5 Å². The van der Waals surface area contributed by atoms with Crippen LogP contribution < -0.4 is 10.1 Å². The summed E-state index contributed by atoms with van der Waals surface area (Å²) in [6.45, 7) is 0.259. The second-order valence-electron chi connectivity index (χ2n) is 6.11. The van der Waals surface area contributed by atoms with Gasteiger partial charge in [0.1, 0.15) is 11.6 Å². The van der Waals surface area contributed by atoms with Gasteiger partial charge in [-0.25, -0.2) is 9.37 Å². The van der Waals surface area contributed by atoms with Gasteiger partial charge in [-0.1, -0.05) is 24.3 Å². The first-order valence-electron chi connectivity index (χ1n) is 8.85. The molecule has 0 saturated carbocycles. The fraction of sp³-hybridized carbons (Fsp3) is 0.136. The highest BCUT2D eigenvalue weighted by Crippen LogP contribution is 2.23. The smallest absolute Gasteiger partial charge is 0.230 e. The number of nitrogens with one attached hydrogen (secondary N) is 1. The zero-order valence-corrected chi connectivity index (χ0v) is 16.3. The highest BCUT2D eigenvalue weighted by Gasteiger charge is 2.09. The van der Waals surface area contributed by atoms with E-state index in [0.717, 1.165) is 5.56 Å². The number of nitriles is 1. The molecule has 7 heteroatoms. The van der Waals surface area contributed by atoms with E-state index in [2.05, 4.69) is 16.4 Å². The van der Waals surface area contributed by atoms with Crippen LogP contribution in [0.5, 0.6) is 11.6 Å². The van der Waals surface area contributed by atoms with Gasteiger partial charge in [0, 0.05) is 30.1 Å². The third kappa shape index (κ3) is 6.33. The van der Waals surface area contributed by atoms with Crippen LogP contribution in [0.25, 0.3) is 0 Å². The summed E-state index contributed by atoms with van der Waals surface area (Å²) >= 11 is 1.49. The molecule has 0 aliphatic carbocycles. The van der Waals surface area contributed by atoms with Crippen molar-refractivity contribution in [2.24, 2.45) is 0 Å². The van der Waals surface area contributed by atoms with Crippen LogP contribution in [0.2, 0.25) is 0 Å². The number of thioether (sulfide) groups is 1. The number of halogens is 1. The van der Waals surface area contributed by atoms with Crippen molar-refractivity contribution >= 4 is 17.7 Å². The van der Waals surface area contributed by atoms with Crippen LogP contribution in [0.4, 0.5) is 4.39 Å². The first-order valence-corrected chi connectivity index (χ1v) is 10.0. The Kier molecular flexibility index (Phi) is 7.20. The van der Waals surface area contributed by atoms with Crippen molar-refractivity contribution in [3.8, 4) is 17.7 Å². The predicted molar refractivity (Wildman–Crippen MR) is 110 cm³/mol. The molecule has 0 aliphatic rings. The molecule has 1 aromatic heterocycles. The lowest BCUT2D eigenvalue weighted by Gasteiger charge is -2.11. The van der Waals surface area contributed by atoms with E-state index in [1.807, 2.05) is 12.1 Å². The molecule has 0 radical (unpaired) electrons. The molecule has 0 aliphatic heterocycles. The number of pyridine rings is 1. The molecule has 1 N–H and O–H groups in total. The molecule has 0 bridgehead atoms. The number of aromatic nitrogens is 1. The Morgan fingerprint density at radius 1 is 1.17 bits per heavy atom. The van der Waals surface area contributed by atoms with Crippen molar-refractivity contribution in [2.45, 2.75) is 12.3 Å². The molecule has 0 spiro atoms. The first kappa shape index (κ1) is 20.4. The number of hydrogen-bond donors (Lipinski definition) is 1. The number of amides is 1. The van der Waals surface area contributed by atoms with Crippen LogP contribution in [0.3, 0.4) is 0 Å². The largest absolute Gasteiger partial charge is 0.439 e. The highest BCUT2D eigenvalue weighted by atomic mass is 32.2. The zero-order valence-electron chi connectivity index (χ0n) is 15.5. The third-order valence-electron chi connectivity index (χ3n) is 3.92. The fourth-order valence-corrected chi connectivity index (χ4v) is 3.29. The summed E-state index contributed by atoms with van der Waals surface area (Å²) in [5, 5.41) is 11.7. The number of hydrogen-bond acceptors (Lipinski definition) is 5. The quantitative estimate of drug-likeness (QED) is 0.598. The molecule has 1 amide bonds. The monoisotopic (exact) mass is 407 g/mol. The molecule has 5 nitrogen and oxygen atoms in total. The van der Waals surface area contributed by atoms with Gasteiger partial charge in [-0.2, -0.15) is 5.26 Å². The molecule has 29 heavy (non-hydrogen) atoms. The average molecular weight is 407 g/mol. The molecular formula is C22H18FN3O2S. The average Bonchev–Trinajstić information content (AvgIpc) is 2.74. The van der Waals surface area contributed by atoms with Gasteiger partial charge in [0.05, 0.1) is 17.4 Å². The topological polar surface area (TPSA) is 75.0 Å². The van der Waals surface area contributed by atoms with Gasteiger partial charge in [-0.15, -0.1) is 11.8 Å². The van der Waals surface area contributed by atoms with E-state index >= 15 is 0 Å². The maximum atomic E-state index is 13.3. The van der Waals surface area contributed by atoms with Crippen molar-refractivity contribution < 1.29 is 13.9 Å². The standard InChI is InChI=1S/C22H18FN3O2S/c23-19-4-1-5-20(11-19)28-22-18(3-2-10-25-22)13-26-21(27)15-29-14-17-8-6-16(12-24)7-9-17/h1-11H,13-15H2,(H,26,27). The molecule has 1 heterocycles. The number of benzene rings is 2. The van der Waals surface area contributed by atoms with E-state index in [1.54, 1.807) is 42.6 Å². The first-order chi connectivity index (χ1) is 14.1. The van der Waals surface area contributed by atoms with Crippen molar-refractivity contribution in [2.75, 3.05) is 5.75 Å². The summed E-state index contributed by atoms with van der Waals surface area (Å²) in [7, 11) is 0. The van der Waals surface area contributed by atoms with Gasteiger partial charge in [0.2, 0.25) is 11.8 Å². The maximum Gasteiger partial charge on any atom is 0.230 e. The van der Waals surface area contributed by atoms with Crippen LogP contribution >= 0.6 is 11.8 Å². The van der Waals surface area contributed by atoms with E-state index in [1.165, 1.54) is 23.9 Å². The van der Waals surface area contributed by atoms with Gasteiger partial charge >= 0.3 is 0 Å². The fourth-order valence-electron chi connectivity index (χ4n) is 2.47. The van der Waals surface area contributed by atoms with Crippen molar-refractivity contribution in [1.29, 1.82) is 5.26 Å². The van der Waals surface area contributed by atoms with E-state index in [4.69, 9.17) is 10.00 Å². The highest BCUT2D eigenvalue weighted by molar-refractivity contribution is 7.99. The number of carbonyl (C=O) groups is 1. The SMILES string of the molecule is N#Cc1ccc(CSCC(=O)NCc2cccnc2Oc2cccc(F)c2)cc1. The molecule has 0 fully saturated rings. The minimum Gasteiger partial charge on any atom is -0.439 e. The number of ether oxygens (including phenoxy) is 1. The lowest BCUT2D eigenvalue weighted by molar-refractivity contribution is -0.118. The minimum atomic E-state index is -0.396. The summed E-state index contributed by atoms with van der Waals surface area (Å²) in [5.41, 5.74) is 2.37. The molecular weight excluding hydrogens is 389 g/mol. The molecule has 0 saturated heterocycles. The van der Waals surface area contributed by atoms with Crippen LogP contribution in [0.1, 0.15) is 16.7 Å². The van der Waals surface area contributed by atoms with E-state index in [9.17, 15) is 9.18 Å².